The highest BCUT2D eigenvalue weighted by Gasteiger charge is 2.24. The average molecular weight is 175 g/mol. The van der Waals surface area contributed by atoms with Gasteiger partial charge in [-0.25, -0.2) is 0 Å². The number of nitrogens with zero attached hydrogens (tertiary/aromatic N) is 1. The highest BCUT2D eigenvalue weighted by Crippen LogP contribution is 2.12. The van der Waals surface area contributed by atoms with Gasteiger partial charge in [-0.1, -0.05) is 13.8 Å². The molecule has 0 radical (unpaired) electrons. The summed E-state index contributed by atoms with van der Waals surface area (Å²) in [5, 5.41) is 10.1. The maximum Gasteiger partial charge on any atom is 0.308 e. The smallest absolute Gasteiger partial charge is 0.308 e. The zero-order valence-electron chi connectivity index (χ0n) is 7.44. The number of hydrogen-bond acceptors (Lipinski definition) is 4. The van der Waals surface area contributed by atoms with E-state index < -0.39 is 16.8 Å². The minimum Gasteiger partial charge on any atom is -0.469 e. The molecule has 0 heterocycles. The Labute approximate surface area is 70.9 Å². The van der Waals surface area contributed by atoms with Crippen LogP contribution in [0.15, 0.2) is 0 Å². The number of carbonyl (C=O) groups excluding carboxylic acids is 1. The maximum absolute atomic E-state index is 10.9. The van der Waals surface area contributed by atoms with Gasteiger partial charge < -0.3 is 4.74 Å². The zero-order chi connectivity index (χ0) is 9.72. The van der Waals surface area contributed by atoms with E-state index in [1.807, 2.05) is 0 Å². The number of methoxy groups -OCH3 is 1. The molecule has 0 fully saturated rings. The fourth-order valence-corrected chi connectivity index (χ4v) is 0.811. The highest BCUT2D eigenvalue weighted by molar-refractivity contribution is 5.72. The summed E-state index contributed by atoms with van der Waals surface area (Å²) < 4.78 is 4.45. The molecule has 2 atom stereocenters. The van der Waals surface area contributed by atoms with Gasteiger partial charge in [-0.15, -0.1) is 0 Å². The third kappa shape index (κ3) is 3.32. The lowest BCUT2D eigenvalue weighted by molar-refractivity contribution is -0.488. The van der Waals surface area contributed by atoms with Gasteiger partial charge in [0.25, 0.3) is 0 Å². The van der Waals surface area contributed by atoms with Crippen LogP contribution in [-0.4, -0.2) is 24.5 Å². The Hall–Kier alpha value is -1.13. The van der Waals surface area contributed by atoms with E-state index in [4.69, 9.17) is 0 Å². The monoisotopic (exact) mass is 175 g/mol. The number of carbonyl (C=O) groups is 1. The van der Waals surface area contributed by atoms with Crippen molar-refractivity contribution >= 4 is 5.97 Å². The minimum absolute atomic E-state index is 0.198. The van der Waals surface area contributed by atoms with Crippen LogP contribution in [0.4, 0.5) is 0 Å². The van der Waals surface area contributed by atoms with Gasteiger partial charge in [0.2, 0.25) is 6.54 Å². The molecule has 0 aliphatic heterocycles. The molecule has 5 heteroatoms. The lowest BCUT2D eigenvalue weighted by atomic mass is 9.96. The summed E-state index contributed by atoms with van der Waals surface area (Å²) in [5.41, 5.74) is 0. The van der Waals surface area contributed by atoms with E-state index in [9.17, 15) is 14.9 Å². The normalized spacial score (nSPS) is 14.9. The Morgan fingerprint density at radius 1 is 1.58 bits per heavy atom. The topological polar surface area (TPSA) is 69.4 Å². The second-order valence-corrected chi connectivity index (χ2v) is 2.80. The summed E-state index contributed by atoms with van der Waals surface area (Å²) >= 11 is 0. The van der Waals surface area contributed by atoms with Crippen molar-refractivity contribution in [3.05, 3.63) is 10.1 Å². The van der Waals surface area contributed by atoms with Crippen LogP contribution in [-0.2, 0) is 9.53 Å². The summed E-state index contributed by atoms with van der Waals surface area (Å²) in [6.07, 6.45) is 0. The molecular weight excluding hydrogens is 162 g/mol. The van der Waals surface area contributed by atoms with E-state index in [-0.39, 0.29) is 12.5 Å². The lowest BCUT2D eigenvalue weighted by Crippen LogP contribution is -2.25. The third-order valence-electron chi connectivity index (χ3n) is 1.86. The Kier molecular flexibility index (Phi) is 4.25. The van der Waals surface area contributed by atoms with Crippen LogP contribution in [0, 0.1) is 22.0 Å². The molecule has 70 valence electrons. The molecule has 0 aromatic carbocycles. The van der Waals surface area contributed by atoms with Crippen molar-refractivity contribution in [2.75, 3.05) is 13.7 Å². The molecule has 0 spiro atoms. The van der Waals surface area contributed by atoms with Crippen LogP contribution in [0.2, 0.25) is 0 Å². The average Bonchev–Trinajstić information content (AvgIpc) is 2.00. The second-order valence-electron chi connectivity index (χ2n) is 2.80. The van der Waals surface area contributed by atoms with Crippen LogP contribution in [0.5, 0.6) is 0 Å². The third-order valence-corrected chi connectivity index (χ3v) is 1.86. The van der Waals surface area contributed by atoms with Crippen LogP contribution in [0.25, 0.3) is 0 Å². The number of rotatable bonds is 4. The first-order chi connectivity index (χ1) is 5.49. The molecule has 0 aromatic rings. The van der Waals surface area contributed by atoms with E-state index in [2.05, 4.69) is 4.74 Å². The van der Waals surface area contributed by atoms with Gasteiger partial charge in [0.1, 0.15) is 0 Å². The summed E-state index contributed by atoms with van der Waals surface area (Å²) in [6.45, 7) is 3.08. The molecule has 0 aromatic heterocycles. The van der Waals surface area contributed by atoms with Gasteiger partial charge in [0, 0.05) is 10.8 Å². The minimum atomic E-state index is -0.426. The van der Waals surface area contributed by atoms with Crippen molar-refractivity contribution in [1.82, 2.24) is 0 Å². The van der Waals surface area contributed by atoms with Crippen LogP contribution in [0.3, 0.4) is 0 Å². The summed E-state index contributed by atoms with van der Waals surface area (Å²) in [5.74, 6) is -1.10. The van der Waals surface area contributed by atoms with Gasteiger partial charge in [-0.05, 0) is 0 Å². The van der Waals surface area contributed by atoms with E-state index >= 15 is 0 Å². The molecule has 0 bridgehead atoms. The first-order valence-electron chi connectivity index (χ1n) is 3.68. The summed E-state index contributed by atoms with van der Waals surface area (Å²) in [4.78, 5) is 20.5. The molecule has 0 unspecified atom stereocenters. The van der Waals surface area contributed by atoms with Gasteiger partial charge in [-0.2, -0.15) is 0 Å². The molecule has 0 aliphatic carbocycles. The van der Waals surface area contributed by atoms with Gasteiger partial charge in [0.15, 0.2) is 0 Å². The van der Waals surface area contributed by atoms with Crippen molar-refractivity contribution in [2.24, 2.45) is 11.8 Å². The molecular formula is C7H13NO4. The van der Waals surface area contributed by atoms with Crippen molar-refractivity contribution in [3.63, 3.8) is 0 Å². The number of ether oxygens (including phenoxy) is 1. The predicted octanol–water partition coefficient (Wildman–Crippen LogP) is 0.708. The van der Waals surface area contributed by atoms with Crippen molar-refractivity contribution in [3.8, 4) is 0 Å². The van der Waals surface area contributed by atoms with E-state index in [1.54, 1.807) is 13.8 Å². The Bertz CT molecular complexity index is 180. The van der Waals surface area contributed by atoms with E-state index in [1.165, 1.54) is 7.11 Å². The first kappa shape index (κ1) is 10.9. The standard InChI is InChI=1S/C7H13NO4/c1-5(4-8(10)11)6(2)7(9)12-3/h5-6H,4H2,1-3H3/t5-,6-/m0/s1. The summed E-state index contributed by atoms with van der Waals surface area (Å²) in [7, 11) is 1.28. The van der Waals surface area contributed by atoms with E-state index in [0.717, 1.165) is 0 Å². The van der Waals surface area contributed by atoms with Crippen LogP contribution < -0.4 is 0 Å². The fraction of sp³-hybridized carbons (Fsp3) is 0.857. The van der Waals surface area contributed by atoms with E-state index in [0.29, 0.717) is 0 Å². The molecule has 5 nitrogen and oxygen atoms in total. The quantitative estimate of drug-likeness (QED) is 0.358. The molecule has 0 aliphatic rings. The molecule has 12 heavy (non-hydrogen) atoms. The lowest BCUT2D eigenvalue weighted by Gasteiger charge is -2.12. The SMILES string of the molecule is COC(=O)[C@@H](C)[C@@H](C)C[N+](=O)[O-]. The van der Waals surface area contributed by atoms with Crippen molar-refractivity contribution in [2.45, 2.75) is 13.8 Å². The number of esters is 1. The maximum atomic E-state index is 10.9. The van der Waals surface area contributed by atoms with Gasteiger partial charge in [-0.3, -0.25) is 14.9 Å². The number of hydrogen-bond donors (Lipinski definition) is 0. The van der Waals surface area contributed by atoms with Crippen LogP contribution >= 0.6 is 0 Å². The van der Waals surface area contributed by atoms with Gasteiger partial charge >= 0.3 is 5.97 Å². The predicted molar refractivity (Wildman–Crippen MR) is 42.2 cm³/mol. The first-order valence-corrected chi connectivity index (χ1v) is 3.68. The Balaban J connectivity index is 4.00. The molecule has 0 rings (SSSR count). The number of nitro groups is 1. The highest BCUT2D eigenvalue weighted by atomic mass is 16.6. The summed E-state index contributed by atoms with van der Waals surface area (Å²) in [6, 6.07) is 0. The van der Waals surface area contributed by atoms with Crippen LogP contribution in [0.1, 0.15) is 13.8 Å². The molecule has 0 N–H and O–H groups in total. The Morgan fingerprint density at radius 3 is 2.42 bits per heavy atom. The zero-order valence-corrected chi connectivity index (χ0v) is 7.44. The molecule has 0 saturated carbocycles. The van der Waals surface area contributed by atoms with Gasteiger partial charge in [0.05, 0.1) is 13.0 Å². The Morgan fingerprint density at radius 2 is 2.08 bits per heavy atom. The van der Waals surface area contributed by atoms with Crippen molar-refractivity contribution < 1.29 is 14.5 Å². The molecule has 0 amide bonds. The fourth-order valence-electron chi connectivity index (χ4n) is 0.811. The van der Waals surface area contributed by atoms with Crippen molar-refractivity contribution in [1.29, 1.82) is 0 Å². The molecule has 0 saturated heterocycles. The second kappa shape index (κ2) is 4.69. The largest absolute Gasteiger partial charge is 0.469 e.